The largest absolute Gasteiger partial charge is 0.497 e. The minimum Gasteiger partial charge on any atom is -0.497 e. The fourth-order valence-electron chi connectivity index (χ4n) is 5.28. The van der Waals surface area contributed by atoms with E-state index in [1.807, 2.05) is 28.8 Å². The molecule has 1 atom stereocenters. The van der Waals surface area contributed by atoms with E-state index >= 15 is 0 Å². The lowest BCUT2D eigenvalue weighted by molar-refractivity contribution is -0.192. The number of ether oxygens (including phenoxy) is 1. The SMILES string of the molecule is COc1ccc(-c2nnc3n(c2=O)CCC32CCN(Cc3cc(C)cc(C)c3)C2)cc1.O=C(O)C(F)(F)F. The summed E-state index contributed by atoms with van der Waals surface area (Å²) in [5, 5.41) is 16.1. The summed E-state index contributed by atoms with van der Waals surface area (Å²) in [4.78, 5) is 24.6. The van der Waals surface area contributed by atoms with Crippen LogP contribution in [-0.2, 0) is 23.3 Å². The molecule has 3 heterocycles. The summed E-state index contributed by atoms with van der Waals surface area (Å²) in [6, 6.07) is 14.2. The number of carbonyl (C=O) groups is 1. The molecule has 38 heavy (non-hydrogen) atoms. The van der Waals surface area contributed by atoms with Gasteiger partial charge in [0.1, 0.15) is 11.6 Å². The number of benzene rings is 2. The fraction of sp³-hybridized carbons (Fsp3) is 0.407. The number of aryl methyl sites for hydroxylation is 2. The lowest BCUT2D eigenvalue weighted by Crippen LogP contribution is -2.33. The highest BCUT2D eigenvalue weighted by molar-refractivity contribution is 5.73. The minimum absolute atomic E-state index is 0.0419. The zero-order valence-electron chi connectivity index (χ0n) is 21.4. The summed E-state index contributed by atoms with van der Waals surface area (Å²) in [5.41, 5.74) is 5.04. The van der Waals surface area contributed by atoms with Crippen molar-refractivity contribution < 1.29 is 27.8 Å². The molecule has 0 bridgehead atoms. The molecule has 1 fully saturated rings. The van der Waals surface area contributed by atoms with Crippen LogP contribution in [0.4, 0.5) is 13.2 Å². The smallest absolute Gasteiger partial charge is 0.490 e. The quantitative estimate of drug-likeness (QED) is 0.542. The van der Waals surface area contributed by atoms with E-state index in [-0.39, 0.29) is 11.0 Å². The molecule has 1 unspecified atom stereocenters. The van der Waals surface area contributed by atoms with E-state index in [1.54, 1.807) is 7.11 Å². The number of fused-ring (bicyclic) bond motifs is 2. The van der Waals surface area contributed by atoms with E-state index in [1.165, 1.54) is 16.7 Å². The third-order valence-electron chi connectivity index (χ3n) is 6.96. The number of aromatic nitrogens is 3. The highest BCUT2D eigenvalue weighted by Crippen LogP contribution is 2.41. The molecule has 3 aromatic rings. The van der Waals surface area contributed by atoms with Crippen LogP contribution in [0.3, 0.4) is 0 Å². The highest BCUT2D eigenvalue weighted by Gasteiger charge is 2.47. The van der Waals surface area contributed by atoms with Gasteiger partial charge in [0.15, 0.2) is 5.69 Å². The summed E-state index contributed by atoms with van der Waals surface area (Å²) in [5.74, 6) is -1.14. The first-order valence-corrected chi connectivity index (χ1v) is 12.1. The molecule has 1 N–H and O–H groups in total. The van der Waals surface area contributed by atoms with Gasteiger partial charge in [0, 0.05) is 30.6 Å². The molecule has 202 valence electrons. The molecular weight excluding hydrogens is 501 g/mol. The number of rotatable bonds is 4. The van der Waals surface area contributed by atoms with Crippen LogP contribution in [0.1, 0.15) is 35.4 Å². The Kier molecular flexibility index (Phi) is 7.59. The standard InChI is InChI=1S/C25H28N4O2.C2HF3O2/c1-17-12-18(2)14-19(13-17)15-28-10-8-25(16-28)9-11-29-23(30)22(26-27-24(25)29)20-4-6-21(31-3)7-5-20;3-2(4,5)1(6)7/h4-7,12-14H,8-11,15-16H2,1-3H3;(H,6,7). The number of methoxy groups -OCH3 is 1. The van der Waals surface area contributed by atoms with Crippen LogP contribution in [0.5, 0.6) is 5.75 Å². The van der Waals surface area contributed by atoms with Crippen LogP contribution in [0.2, 0.25) is 0 Å². The van der Waals surface area contributed by atoms with E-state index in [0.29, 0.717) is 12.2 Å². The molecule has 1 aromatic heterocycles. The Morgan fingerprint density at radius 2 is 1.66 bits per heavy atom. The highest BCUT2D eigenvalue weighted by atomic mass is 19.4. The van der Waals surface area contributed by atoms with Crippen LogP contribution >= 0.6 is 0 Å². The number of carboxylic acid groups (broad SMARTS) is 1. The Morgan fingerprint density at radius 1 is 1.05 bits per heavy atom. The van der Waals surface area contributed by atoms with Crippen LogP contribution in [0.25, 0.3) is 11.3 Å². The molecular formula is C27H29F3N4O4. The van der Waals surface area contributed by atoms with Crippen LogP contribution in [-0.4, -0.2) is 57.1 Å². The summed E-state index contributed by atoms with van der Waals surface area (Å²) in [6.07, 6.45) is -3.11. The topological polar surface area (TPSA) is 97.6 Å². The molecule has 0 saturated carbocycles. The molecule has 11 heteroatoms. The van der Waals surface area contributed by atoms with Gasteiger partial charge in [0.25, 0.3) is 5.56 Å². The van der Waals surface area contributed by atoms with Gasteiger partial charge in [-0.15, -0.1) is 10.2 Å². The van der Waals surface area contributed by atoms with Crippen LogP contribution < -0.4 is 10.3 Å². The normalized spacial score (nSPS) is 18.7. The Hall–Kier alpha value is -3.73. The van der Waals surface area contributed by atoms with Crippen molar-refractivity contribution in [3.63, 3.8) is 0 Å². The maximum atomic E-state index is 13.2. The molecule has 0 aliphatic carbocycles. The molecule has 1 saturated heterocycles. The fourth-order valence-corrected chi connectivity index (χ4v) is 5.28. The number of hydrogen-bond donors (Lipinski definition) is 1. The molecule has 2 aliphatic heterocycles. The van der Waals surface area contributed by atoms with E-state index < -0.39 is 12.1 Å². The first kappa shape index (κ1) is 27.3. The Balaban J connectivity index is 0.000000426. The second-order valence-corrected chi connectivity index (χ2v) is 9.85. The van der Waals surface area contributed by atoms with Gasteiger partial charge >= 0.3 is 12.1 Å². The van der Waals surface area contributed by atoms with E-state index in [9.17, 15) is 18.0 Å². The van der Waals surface area contributed by atoms with E-state index in [4.69, 9.17) is 14.6 Å². The monoisotopic (exact) mass is 530 g/mol. The number of carboxylic acids is 1. The Morgan fingerprint density at radius 3 is 2.24 bits per heavy atom. The second kappa shape index (κ2) is 10.6. The number of alkyl halides is 3. The van der Waals surface area contributed by atoms with Crippen LogP contribution in [0.15, 0.2) is 47.3 Å². The molecule has 5 rings (SSSR count). The zero-order valence-corrected chi connectivity index (χ0v) is 21.4. The van der Waals surface area contributed by atoms with E-state index in [2.05, 4.69) is 47.1 Å². The van der Waals surface area contributed by atoms with Gasteiger partial charge in [-0.2, -0.15) is 13.2 Å². The van der Waals surface area contributed by atoms with Crippen molar-refractivity contribution in [2.45, 2.75) is 51.4 Å². The van der Waals surface area contributed by atoms with Gasteiger partial charge in [-0.3, -0.25) is 14.3 Å². The first-order chi connectivity index (χ1) is 17.9. The van der Waals surface area contributed by atoms with Crippen molar-refractivity contribution in [3.8, 4) is 17.0 Å². The summed E-state index contributed by atoms with van der Waals surface area (Å²) < 4.78 is 38.8. The zero-order chi connectivity index (χ0) is 27.7. The lowest BCUT2D eigenvalue weighted by atomic mass is 9.85. The van der Waals surface area contributed by atoms with Gasteiger partial charge in [-0.1, -0.05) is 29.3 Å². The number of nitrogens with zero attached hydrogens (tertiary/aromatic N) is 4. The first-order valence-electron chi connectivity index (χ1n) is 12.1. The summed E-state index contributed by atoms with van der Waals surface area (Å²) in [7, 11) is 1.63. The van der Waals surface area contributed by atoms with Crippen molar-refractivity contribution in [3.05, 3.63) is 75.3 Å². The number of likely N-dealkylation sites (tertiary alicyclic amines) is 1. The number of hydrogen-bond acceptors (Lipinski definition) is 6. The molecule has 2 aromatic carbocycles. The van der Waals surface area contributed by atoms with Gasteiger partial charge in [-0.05, 0) is 63.1 Å². The van der Waals surface area contributed by atoms with Crippen molar-refractivity contribution in [2.75, 3.05) is 20.2 Å². The van der Waals surface area contributed by atoms with Crippen molar-refractivity contribution in [1.29, 1.82) is 0 Å². The van der Waals surface area contributed by atoms with Crippen molar-refractivity contribution >= 4 is 5.97 Å². The van der Waals surface area contributed by atoms with Crippen molar-refractivity contribution in [2.24, 2.45) is 0 Å². The molecule has 0 radical (unpaired) electrons. The third kappa shape index (κ3) is 5.72. The van der Waals surface area contributed by atoms with Gasteiger partial charge < -0.3 is 9.84 Å². The summed E-state index contributed by atoms with van der Waals surface area (Å²) >= 11 is 0. The molecule has 0 amide bonds. The number of halogens is 3. The van der Waals surface area contributed by atoms with Gasteiger partial charge in [0.2, 0.25) is 0 Å². The molecule has 8 nitrogen and oxygen atoms in total. The predicted octanol–water partition coefficient (Wildman–Crippen LogP) is 4.11. The maximum Gasteiger partial charge on any atom is 0.490 e. The molecule has 2 aliphatic rings. The third-order valence-corrected chi connectivity index (χ3v) is 6.96. The maximum absolute atomic E-state index is 13.2. The lowest BCUT2D eigenvalue weighted by Gasteiger charge is -2.23. The predicted molar refractivity (Wildman–Crippen MR) is 134 cm³/mol. The summed E-state index contributed by atoms with van der Waals surface area (Å²) in [6.45, 7) is 7.89. The van der Waals surface area contributed by atoms with E-state index in [0.717, 1.165) is 49.6 Å². The van der Waals surface area contributed by atoms with Gasteiger partial charge in [-0.25, -0.2) is 4.79 Å². The molecule has 1 spiro atoms. The van der Waals surface area contributed by atoms with Crippen molar-refractivity contribution in [1.82, 2.24) is 19.7 Å². The Bertz CT molecular complexity index is 1370. The Labute approximate surface area is 217 Å². The van der Waals surface area contributed by atoms with Gasteiger partial charge in [0.05, 0.1) is 7.11 Å². The number of aliphatic carboxylic acids is 1. The average Bonchev–Trinajstić information content (AvgIpc) is 3.43. The second-order valence-electron chi connectivity index (χ2n) is 9.85. The average molecular weight is 531 g/mol. The van der Waals surface area contributed by atoms with Crippen LogP contribution in [0, 0.1) is 13.8 Å². The minimum atomic E-state index is -5.08.